The Balaban J connectivity index is 1.52. The molecule has 0 aliphatic carbocycles. The molecule has 2 nitrogen and oxygen atoms in total. The van der Waals surface area contributed by atoms with Crippen LogP contribution in [0.3, 0.4) is 0 Å². The monoisotopic (exact) mass is 730 g/mol. The van der Waals surface area contributed by atoms with E-state index in [0.29, 0.717) is 11.1 Å². The quantitative estimate of drug-likeness (QED) is 0.160. The first kappa shape index (κ1) is 36.8. The molecular formula is C54H50O2. The molecule has 8 aromatic rings. The number of aryl methyl sites for hydroxylation is 8. The van der Waals surface area contributed by atoms with E-state index in [2.05, 4.69) is 177 Å². The van der Waals surface area contributed by atoms with Gasteiger partial charge in [0.15, 0.2) is 0 Å². The molecule has 0 aromatic heterocycles. The highest BCUT2D eigenvalue weighted by molar-refractivity contribution is 6.11. The summed E-state index contributed by atoms with van der Waals surface area (Å²) in [5, 5.41) is 30.1. The van der Waals surface area contributed by atoms with Crippen LogP contribution in [0.2, 0.25) is 0 Å². The Morgan fingerprint density at radius 3 is 0.911 bits per heavy atom. The van der Waals surface area contributed by atoms with Gasteiger partial charge in [0.05, 0.1) is 0 Å². The van der Waals surface area contributed by atoms with Crippen molar-refractivity contribution in [3.05, 3.63) is 211 Å². The second kappa shape index (κ2) is 14.5. The largest absolute Gasteiger partial charge is 0.507 e. The topological polar surface area (TPSA) is 40.5 Å². The Morgan fingerprint density at radius 1 is 0.321 bits per heavy atom. The molecule has 0 saturated heterocycles. The SMILES string of the molecule is Cc1ccc(C)c(C(c2cc(C)ccc2C)c2cc3ccccc3c(-c3c(O)c(C(c4cc(C)ccc4C)c4cc(C)ccc4C)cc4ccccc34)c2O)c1. The molecule has 0 bridgehead atoms. The maximum atomic E-state index is 13.2. The van der Waals surface area contributed by atoms with Crippen molar-refractivity contribution in [2.24, 2.45) is 0 Å². The lowest BCUT2D eigenvalue weighted by Gasteiger charge is -2.28. The van der Waals surface area contributed by atoms with Crippen LogP contribution in [0.5, 0.6) is 11.5 Å². The molecule has 0 aliphatic rings. The van der Waals surface area contributed by atoms with Gasteiger partial charge in [0, 0.05) is 34.1 Å². The predicted molar refractivity (Wildman–Crippen MR) is 236 cm³/mol. The van der Waals surface area contributed by atoms with Gasteiger partial charge in [-0.2, -0.15) is 0 Å². The molecule has 8 aromatic carbocycles. The fraction of sp³-hybridized carbons (Fsp3) is 0.185. The van der Waals surface area contributed by atoms with Crippen LogP contribution in [0.15, 0.2) is 133 Å². The first-order valence-corrected chi connectivity index (χ1v) is 19.7. The zero-order chi connectivity index (χ0) is 39.4. The normalized spacial score (nSPS) is 11.7. The first-order chi connectivity index (χ1) is 26.9. The summed E-state index contributed by atoms with van der Waals surface area (Å²) < 4.78 is 0. The van der Waals surface area contributed by atoms with E-state index >= 15 is 0 Å². The Hall–Kier alpha value is -6.12. The van der Waals surface area contributed by atoms with Gasteiger partial charge >= 0.3 is 0 Å². The Labute approximate surface area is 331 Å². The number of rotatable bonds is 7. The van der Waals surface area contributed by atoms with Crippen LogP contribution in [0.1, 0.15) is 89.7 Å². The average Bonchev–Trinajstić information content (AvgIpc) is 3.18. The van der Waals surface area contributed by atoms with Crippen molar-refractivity contribution in [2.75, 3.05) is 0 Å². The molecule has 0 atom stereocenters. The molecule has 0 heterocycles. The smallest absolute Gasteiger partial charge is 0.128 e. The number of fused-ring (bicyclic) bond motifs is 2. The summed E-state index contributed by atoms with van der Waals surface area (Å²) in [4.78, 5) is 0. The number of phenols is 2. The number of phenolic OH excluding ortho intramolecular Hbond substituents is 2. The average molecular weight is 731 g/mol. The van der Waals surface area contributed by atoms with E-state index in [1.807, 2.05) is 12.1 Å². The molecule has 278 valence electrons. The molecule has 0 radical (unpaired) electrons. The van der Waals surface area contributed by atoms with Crippen molar-refractivity contribution in [1.29, 1.82) is 0 Å². The molecular weight excluding hydrogens is 681 g/mol. The van der Waals surface area contributed by atoms with Crippen LogP contribution in [0.25, 0.3) is 32.7 Å². The summed E-state index contributed by atoms with van der Waals surface area (Å²) in [6, 6.07) is 47.3. The van der Waals surface area contributed by atoms with Gasteiger partial charge < -0.3 is 10.2 Å². The van der Waals surface area contributed by atoms with Gasteiger partial charge in [-0.15, -0.1) is 0 Å². The van der Waals surface area contributed by atoms with Gasteiger partial charge in [0.2, 0.25) is 0 Å². The van der Waals surface area contributed by atoms with Crippen LogP contribution < -0.4 is 0 Å². The summed E-state index contributed by atoms with van der Waals surface area (Å²) in [6.07, 6.45) is 0. The van der Waals surface area contributed by atoms with E-state index in [0.717, 1.165) is 77.2 Å². The van der Waals surface area contributed by atoms with E-state index < -0.39 is 0 Å². The van der Waals surface area contributed by atoms with Gasteiger partial charge in [-0.05, 0) is 134 Å². The maximum Gasteiger partial charge on any atom is 0.128 e. The van der Waals surface area contributed by atoms with Crippen molar-refractivity contribution in [2.45, 2.75) is 67.2 Å². The predicted octanol–water partition coefficient (Wildman–Crippen LogP) is 13.9. The van der Waals surface area contributed by atoms with E-state index in [1.165, 1.54) is 22.3 Å². The molecule has 0 amide bonds. The van der Waals surface area contributed by atoms with Gasteiger partial charge in [-0.1, -0.05) is 144 Å². The molecule has 0 saturated carbocycles. The third-order valence-electron chi connectivity index (χ3n) is 12.0. The Kier molecular flexibility index (Phi) is 9.54. The fourth-order valence-electron chi connectivity index (χ4n) is 8.95. The minimum Gasteiger partial charge on any atom is -0.507 e. The van der Waals surface area contributed by atoms with E-state index in [1.54, 1.807) is 0 Å². The number of hydrogen-bond acceptors (Lipinski definition) is 2. The minimum absolute atomic E-state index is 0.183. The molecule has 0 aliphatic heterocycles. The van der Waals surface area contributed by atoms with Crippen LogP contribution in [0.4, 0.5) is 0 Å². The van der Waals surface area contributed by atoms with Gasteiger partial charge in [0.1, 0.15) is 11.5 Å². The lowest BCUT2D eigenvalue weighted by atomic mass is 9.76. The van der Waals surface area contributed by atoms with Gasteiger partial charge in [0.25, 0.3) is 0 Å². The minimum atomic E-state index is -0.257. The summed E-state index contributed by atoms with van der Waals surface area (Å²) in [7, 11) is 0. The summed E-state index contributed by atoms with van der Waals surface area (Å²) in [5.41, 5.74) is 16.9. The van der Waals surface area contributed by atoms with Crippen molar-refractivity contribution in [3.8, 4) is 22.6 Å². The Morgan fingerprint density at radius 2 is 0.607 bits per heavy atom. The summed E-state index contributed by atoms with van der Waals surface area (Å²) >= 11 is 0. The summed E-state index contributed by atoms with van der Waals surface area (Å²) in [5.74, 6) is -0.147. The molecule has 0 fully saturated rings. The van der Waals surface area contributed by atoms with Crippen molar-refractivity contribution < 1.29 is 10.2 Å². The first-order valence-electron chi connectivity index (χ1n) is 19.7. The second-order valence-electron chi connectivity index (χ2n) is 16.1. The van der Waals surface area contributed by atoms with Crippen molar-refractivity contribution in [1.82, 2.24) is 0 Å². The Bertz CT molecular complexity index is 2520. The van der Waals surface area contributed by atoms with Gasteiger partial charge in [-0.25, -0.2) is 0 Å². The molecule has 56 heavy (non-hydrogen) atoms. The second-order valence-corrected chi connectivity index (χ2v) is 16.1. The molecule has 8 rings (SSSR count). The van der Waals surface area contributed by atoms with Crippen LogP contribution in [0, 0.1) is 55.4 Å². The zero-order valence-electron chi connectivity index (χ0n) is 33.8. The number of hydrogen-bond donors (Lipinski definition) is 2. The third-order valence-corrected chi connectivity index (χ3v) is 12.0. The molecule has 0 spiro atoms. The van der Waals surface area contributed by atoms with Crippen LogP contribution in [-0.2, 0) is 0 Å². The van der Waals surface area contributed by atoms with Crippen molar-refractivity contribution in [3.63, 3.8) is 0 Å². The lowest BCUT2D eigenvalue weighted by molar-refractivity contribution is 0.462. The number of aromatic hydroxyl groups is 2. The molecule has 0 unspecified atom stereocenters. The van der Waals surface area contributed by atoms with Crippen LogP contribution >= 0.6 is 0 Å². The highest BCUT2D eigenvalue weighted by atomic mass is 16.3. The standard InChI is InChI=1S/C54H50O2/c1-31-17-21-35(5)43(25-31)49(44-26-32(2)18-22-36(44)6)47-29-39-13-9-11-15-41(39)51(53(47)55)52-42-16-12-10-14-40(42)30-48(54(52)56)50(45-27-33(3)19-23-37(45)7)46-28-34(4)20-24-38(46)8/h9-30,49-50,55-56H,1-8H3. The number of benzene rings is 8. The molecule has 2 N–H and O–H groups in total. The highest BCUT2D eigenvalue weighted by Gasteiger charge is 2.31. The van der Waals surface area contributed by atoms with Gasteiger partial charge in [-0.3, -0.25) is 0 Å². The maximum absolute atomic E-state index is 13.2. The zero-order valence-corrected chi connectivity index (χ0v) is 33.8. The highest BCUT2D eigenvalue weighted by Crippen LogP contribution is 2.53. The lowest BCUT2D eigenvalue weighted by Crippen LogP contribution is -2.10. The van der Waals surface area contributed by atoms with E-state index in [-0.39, 0.29) is 23.3 Å². The third kappa shape index (κ3) is 6.43. The van der Waals surface area contributed by atoms with Crippen LogP contribution in [-0.4, -0.2) is 10.2 Å². The molecule has 2 heteroatoms. The van der Waals surface area contributed by atoms with E-state index in [4.69, 9.17) is 0 Å². The summed E-state index contributed by atoms with van der Waals surface area (Å²) in [6.45, 7) is 17.2. The van der Waals surface area contributed by atoms with Crippen molar-refractivity contribution >= 4 is 21.5 Å². The van der Waals surface area contributed by atoms with E-state index in [9.17, 15) is 10.2 Å². The fourth-order valence-corrected chi connectivity index (χ4v) is 8.95.